The maximum Gasteiger partial charge on any atom is 0.240 e. The van der Waals surface area contributed by atoms with Crippen LogP contribution in [-0.2, 0) is 10.0 Å². The summed E-state index contributed by atoms with van der Waals surface area (Å²) in [5.74, 6) is 0.854. The van der Waals surface area contributed by atoms with Gasteiger partial charge in [0, 0.05) is 25.2 Å². The van der Waals surface area contributed by atoms with Gasteiger partial charge in [-0.25, -0.2) is 13.1 Å². The molecule has 2 rings (SSSR count). The number of ether oxygens (including phenoxy) is 2. The number of methoxy groups -OCH3 is 2. The number of nitrogens with one attached hydrogen (secondary N) is 1. The molecule has 1 atom stereocenters. The fraction of sp³-hybridized carbons (Fsp3) is 0.625. The Morgan fingerprint density at radius 1 is 1.25 bits per heavy atom. The Bertz CT molecular complexity index is 635. The van der Waals surface area contributed by atoms with Gasteiger partial charge in [-0.2, -0.15) is 0 Å². The van der Waals surface area contributed by atoms with Crippen LogP contribution in [0.1, 0.15) is 19.3 Å². The second-order valence-electron chi connectivity index (χ2n) is 5.78. The lowest BCUT2D eigenvalue weighted by atomic mass is 10.0. The van der Waals surface area contributed by atoms with Crippen LogP contribution < -0.4 is 14.2 Å². The minimum absolute atomic E-state index is 0.114. The van der Waals surface area contributed by atoms with Crippen LogP contribution in [0.3, 0.4) is 0 Å². The molecule has 1 aromatic rings. The van der Waals surface area contributed by atoms with E-state index in [-0.39, 0.29) is 17.5 Å². The van der Waals surface area contributed by atoms with Gasteiger partial charge >= 0.3 is 0 Å². The van der Waals surface area contributed by atoms with Gasteiger partial charge in [0.1, 0.15) is 0 Å². The molecule has 24 heavy (non-hydrogen) atoms. The lowest BCUT2D eigenvalue weighted by molar-refractivity contribution is 0.0923. The molecular formula is C16H26N2O5S. The Labute approximate surface area is 143 Å². The highest BCUT2D eigenvalue weighted by Gasteiger charge is 2.22. The van der Waals surface area contributed by atoms with E-state index in [2.05, 4.69) is 9.62 Å². The molecule has 8 heteroatoms. The number of hydrogen-bond acceptors (Lipinski definition) is 6. The molecule has 136 valence electrons. The molecule has 1 aromatic carbocycles. The SMILES string of the molecule is COc1ccc(S(=O)(=O)NCCN2CCCC[C@@H]2CO)cc1OC. The van der Waals surface area contributed by atoms with E-state index in [1.165, 1.54) is 26.4 Å². The Hall–Kier alpha value is -1.35. The van der Waals surface area contributed by atoms with Gasteiger partial charge in [-0.15, -0.1) is 0 Å². The zero-order valence-corrected chi connectivity index (χ0v) is 15.0. The van der Waals surface area contributed by atoms with Gasteiger partial charge in [0.05, 0.1) is 25.7 Å². The van der Waals surface area contributed by atoms with Crippen molar-refractivity contribution < 1.29 is 23.0 Å². The third-order valence-corrected chi connectivity index (χ3v) is 5.77. The van der Waals surface area contributed by atoms with Crippen molar-refractivity contribution in [1.82, 2.24) is 9.62 Å². The van der Waals surface area contributed by atoms with E-state index in [1.54, 1.807) is 6.07 Å². The maximum atomic E-state index is 12.4. The highest BCUT2D eigenvalue weighted by Crippen LogP contribution is 2.29. The molecule has 1 fully saturated rings. The van der Waals surface area contributed by atoms with E-state index in [1.807, 2.05) is 0 Å². The van der Waals surface area contributed by atoms with Crippen LogP contribution >= 0.6 is 0 Å². The number of sulfonamides is 1. The van der Waals surface area contributed by atoms with Crippen molar-refractivity contribution in [3.8, 4) is 11.5 Å². The summed E-state index contributed by atoms with van der Waals surface area (Å²) < 4.78 is 37.7. The molecule has 1 aliphatic rings. The monoisotopic (exact) mass is 358 g/mol. The van der Waals surface area contributed by atoms with E-state index in [9.17, 15) is 13.5 Å². The Morgan fingerprint density at radius 2 is 2.00 bits per heavy atom. The average molecular weight is 358 g/mol. The Kier molecular flexibility index (Phi) is 6.85. The number of aliphatic hydroxyl groups excluding tert-OH is 1. The standard InChI is InChI=1S/C16H26N2O5S/c1-22-15-7-6-14(11-16(15)23-2)24(20,21)17-8-10-18-9-4-3-5-13(18)12-19/h6-7,11,13,17,19H,3-5,8-10,12H2,1-2H3/t13-/m1/s1. The molecule has 0 bridgehead atoms. The van der Waals surface area contributed by atoms with Crippen LogP contribution in [0.15, 0.2) is 23.1 Å². The first-order valence-electron chi connectivity index (χ1n) is 8.08. The van der Waals surface area contributed by atoms with Crippen LogP contribution in [0.25, 0.3) is 0 Å². The van der Waals surface area contributed by atoms with Gasteiger partial charge in [0.2, 0.25) is 10.0 Å². The Balaban J connectivity index is 1.98. The average Bonchev–Trinajstić information content (AvgIpc) is 2.61. The molecule has 0 saturated carbocycles. The summed E-state index contributed by atoms with van der Waals surface area (Å²) in [7, 11) is -0.652. The molecular weight excluding hydrogens is 332 g/mol. The summed E-state index contributed by atoms with van der Waals surface area (Å²) >= 11 is 0. The highest BCUT2D eigenvalue weighted by atomic mass is 32.2. The largest absolute Gasteiger partial charge is 0.493 e. The van der Waals surface area contributed by atoms with Crippen LogP contribution in [0.2, 0.25) is 0 Å². The normalized spacial score (nSPS) is 19.2. The highest BCUT2D eigenvalue weighted by molar-refractivity contribution is 7.89. The first kappa shape index (κ1) is 19.0. The Morgan fingerprint density at radius 3 is 2.67 bits per heavy atom. The van der Waals surface area contributed by atoms with Crippen molar-refractivity contribution in [1.29, 1.82) is 0 Å². The van der Waals surface area contributed by atoms with E-state index in [4.69, 9.17) is 9.47 Å². The quantitative estimate of drug-likeness (QED) is 0.716. The molecule has 7 nitrogen and oxygen atoms in total. The van der Waals surface area contributed by atoms with Gasteiger partial charge in [-0.05, 0) is 31.5 Å². The molecule has 2 N–H and O–H groups in total. The van der Waals surface area contributed by atoms with E-state index < -0.39 is 10.0 Å². The van der Waals surface area contributed by atoms with Crippen LogP contribution in [0.4, 0.5) is 0 Å². The van der Waals surface area contributed by atoms with Crippen LogP contribution in [-0.4, -0.2) is 64.9 Å². The van der Waals surface area contributed by atoms with Gasteiger partial charge < -0.3 is 14.6 Å². The molecule has 1 heterocycles. The second-order valence-corrected chi connectivity index (χ2v) is 7.55. The summed E-state index contributed by atoms with van der Waals surface area (Å²) in [5.41, 5.74) is 0. The van der Waals surface area contributed by atoms with Gasteiger partial charge in [-0.1, -0.05) is 6.42 Å². The fourth-order valence-corrected chi connectivity index (χ4v) is 3.99. The zero-order valence-electron chi connectivity index (χ0n) is 14.2. The topological polar surface area (TPSA) is 88.1 Å². The van der Waals surface area contributed by atoms with Crippen molar-refractivity contribution in [2.75, 3.05) is 40.5 Å². The predicted molar refractivity (Wildman–Crippen MR) is 91.0 cm³/mol. The molecule has 1 aliphatic heterocycles. The van der Waals surface area contributed by atoms with E-state index >= 15 is 0 Å². The summed E-state index contributed by atoms with van der Waals surface area (Å²) in [6.07, 6.45) is 3.15. The van der Waals surface area contributed by atoms with Crippen molar-refractivity contribution in [2.45, 2.75) is 30.2 Å². The molecule has 0 amide bonds. The number of rotatable bonds is 8. The number of piperidine rings is 1. The van der Waals surface area contributed by atoms with Crippen molar-refractivity contribution in [2.24, 2.45) is 0 Å². The smallest absolute Gasteiger partial charge is 0.240 e. The molecule has 0 aliphatic carbocycles. The third-order valence-electron chi connectivity index (χ3n) is 4.32. The summed E-state index contributed by atoms with van der Waals surface area (Å²) in [5, 5.41) is 9.40. The number of aliphatic hydroxyl groups is 1. The first-order chi connectivity index (χ1) is 11.5. The van der Waals surface area contributed by atoms with E-state index in [0.717, 1.165) is 25.8 Å². The minimum Gasteiger partial charge on any atom is -0.493 e. The zero-order chi connectivity index (χ0) is 17.6. The molecule has 0 spiro atoms. The molecule has 0 aromatic heterocycles. The van der Waals surface area contributed by atoms with Gasteiger partial charge in [-0.3, -0.25) is 4.90 Å². The second kappa shape index (κ2) is 8.66. The molecule has 0 radical (unpaired) electrons. The van der Waals surface area contributed by atoms with Crippen LogP contribution in [0.5, 0.6) is 11.5 Å². The minimum atomic E-state index is -3.62. The summed E-state index contributed by atoms with van der Waals surface area (Å²) in [4.78, 5) is 2.28. The number of hydrogen-bond donors (Lipinski definition) is 2. The van der Waals surface area contributed by atoms with Gasteiger partial charge in [0.25, 0.3) is 0 Å². The number of benzene rings is 1. The molecule has 0 unspecified atom stereocenters. The summed E-state index contributed by atoms with van der Waals surface area (Å²) in [6, 6.07) is 4.63. The lowest BCUT2D eigenvalue weighted by Crippen LogP contribution is -2.45. The van der Waals surface area contributed by atoms with Crippen molar-refractivity contribution >= 4 is 10.0 Å². The number of nitrogens with zero attached hydrogens (tertiary/aromatic N) is 1. The first-order valence-corrected chi connectivity index (χ1v) is 9.56. The van der Waals surface area contributed by atoms with Crippen LogP contribution in [0, 0.1) is 0 Å². The maximum absolute atomic E-state index is 12.4. The van der Waals surface area contributed by atoms with E-state index in [0.29, 0.717) is 24.6 Å². The lowest BCUT2D eigenvalue weighted by Gasteiger charge is -2.34. The predicted octanol–water partition coefficient (Wildman–Crippen LogP) is 0.829. The van der Waals surface area contributed by atoms with Gasteiger partial charge in [0.15, 0.2) is 11.5 Å². The summed E-state index contributed by atoms with van der Waals surface area (Å²) in [6.45, 7) is 1.89. The van der Waals surface area contributed by atoms with Crippen molar-refractivity contribution in [3.05, 3.63) is 18.2 Å². The molecule has 1 saturated heterocycles. The third kappa shape index (κ3) is 4.60. The van der Waals surface area contributed by atoms with Crippen molar-refractivity contribution in [3.63, 3.8) is 0 Å². The fourth-order valence-electron chi connectivity index (χ4n) is 2.95. The number of likely N-dealkylation sites (tertiary alicyclic amines) is 1.